The number of carbonyl (C=O) groups excluding carboxylic acids is 1. The number of carbonyl (C=O) groups is 1. The molecule has 25 heavy (non-hydrogen) atoms. The summed E-state index contributed by atoms with van der Waals surface area (Å²) in [6.07, 6.45) is 12.0. The minimum atomic E-state index is 0.0644. The van der Waals surface area contributed by atoms with E-state index in [1.807, 2.05) is 29.1 Å². The van der Waals surface area contributed by atoms with Crippen LogP contribution >= 0.6 is 11.3 Å². The highest BCUT2D eigenvalue weighted by Gasteiger charge is 2.29. The molecule has 1 aliphatic heterocycles. The Morgan fingerprint density at radius 1 is 1.04 bits per heavy atom. The van der Waals surface area contributed by atoms with Crippen molar-refractivity contribution in [1.82, 2.24) is 20.1 Å². The third kappa shape index (κ3) is 3.86. The summed E-state index contributed by atoms with van der Waals surface area (Å²) in [5, 5.41) is 13.7. The van der Waals surface area contributed by atoms with Crippen LogP contribution in [-0.2, 0) is 4.79 Å². The fraction of sp³-hybridized carbons (Fsp3) is 0.611. The van der Waals surface area contributed by atoms with Gasteiger partial charge in [-0.05, 0) is 37.8 Å². The summed E-state index contributed by atoms with van der Waals surface area (Å²) in [7, 11) is 0. The van der Waals surface area contributed by atoms with E-state index in [1.165, 1.54) is 19.3 Å². The van der Waals surface area contributed by atoms with Gasteiger partial charge in [0.1, 0.15) is 0 Å². The molecule has 7 heteroatoms. The molecule has 0 unspecified atom stereocenters. The minimum absolute atomic E-state index is 0.0644. The average molecular weight is 359 g/mol. The van der Waals surface area contributed by atoms with Gasteiger partial charge in [-0.3, -0.25) is 9.36 Å². The zero-order valence-corrected chi connectivity index (χ0v) is 15.2. The molecule has 0 radical (unpaired) electrons. The van der Waals surface area contributed by atoms with E-state index >= 15 is 0 Å². The molecular formula is C18H25N5OS. The van der Waals surface area contributed by atoms with E-state index < -0.39 is 0 Å². The number of piperidine rings is 1. The highest BCUT2D eigenvalue weighted by molar-refractivity contribution is 7.17. The maximum atomic E-state index is 12.7. The molecule has 1 saturated carbocycles. The van der Waals surface area contributed by atoms with Crippen LogP contribution in [0, 0.1) is 5.92 Å². The molecule has 1 amide bonds. The number of aromatic nitrogens is 3. The van der Waals surface area contributed by atoms with Gasteiger partial charge in [-0.1, -0.05) is 30.6 Å². The lowest BCUT2D eigenvalue weighted by Crippen LogP contribution is -2.46. The summed E-state index contributed by atoms with van der Waals surface area (Å²) in [6.45, 7) is 1.70. The number of rotatable bonds is 4. The Kier molecular flexibility index (Phi) is 5.01. The zero-order chi connectivity index (χ0) is 17.1. The van der Waals surface area contributed by atoms with Gasteiger partial charge in [0.05, 0.1) is 5.92 Å². The van der Waals surface area contributed by atoms with Crippen LogP contribution in [0.25, 0.3) is 5.13 Å². The molecule has 1 aliphatic carbocycles. The lowest BCUT2D eigenvalue weighted by molar-refractivity contribution is -0.126. The maximum Gasteiger partial charge on any atom is 0.225 e. The molecule has 2 fully saturated rings. The van der Waals surface area contributed by atoms with E-state index in [9.17, 15) is 4.79 Å². The lowest BCUT2D eigenvalue weighted by atomic mass is 9.93. The van der Waals surface area contributed by atoms with Gasteiger partial charge in [0.25, 0.3) is 0 Å². The molecule has 6 nitrogen and oxygen atoms in total. The first kappa shape index (κ1) is 16.6. The van der Waals surface area contributed by atoms with Crippen LogP contribution in [0.2, 0.25) is 0 Å². The van der Waals surface area contributed by atoms with Gasteiger partial charge in [-0.15, -0.1) is 10.2 Å². The average Bonchev–Trinajstić information content (AvgIpc) is 3.34. The van der Waals surface area contributed by atoms with Gasteiger partial charge in [0.2, 0.25) is 16.2 Å². The minimum Gasteiger partial charge on any atom is -0.353 e. The quantitative estimate of drug-likeness (QED) is 0.911. The first-order valence-corrected chi connectivity index (χ1v) is 10.1. The second kappa shape index (κ2) is 7.56. The molecule has 3 heterocycles. The second-order valence-corrected chi connectivity index (χ2v) is 8.02. The van der Waals surface area contributed by atoms with Crippen molar-refractivity contribution in [3.8, 4) is 5.13 Å². The highest BCUT2D eigenvalue weighted by Crippen LogP contribution is 2.28. The summed E-state index contributed by atoms with van der Waals surface area (Å²) in [5.74, 6) is 0.293. The van der Waals surface area contributed by atoms with E-state index in [-0.39, 0.29) is 11.8 Å². The molecule has 2 aromatic heterocycles. The smallest absolute Gasteiger partial charge is 0.225 e. The number of amides is 1. The molecule has 0 spiro atoms. The van der Waals surface area contributed by atoms with Crippen molar-refractivity contribution >= 4 is 22.4 Å². The standard InChI is InChI=1S/C18H25N5OS/c24-16(19-15-8-2-1-3-9-15)14-7-6-12-23(13-14)18-21-20-17(25-18)22-10-4-5-11-22/h4-5,10-11,14-15H,1-3,6-9,12-13H2,(H,19,24)/t14-/m0/s1. The summed E-state index contributed by atoms with van der Waals surface area (Å²) in [5.41, 5.74) is 0. The fourth-order valence-corrected chi connectivity index (χ4v) is 4.68. The van der Waals surface area contributed by atoms with E-state index in [0.29, 0.717) is 6.04 Å². The number of nitrogens with one attached hydrogen (secondary N) is 1. The molecule has 134 valence electrons. The number of nitrogens with zero attached hydrogens (tertiary/aromatic N) is 4. The highest BCUT2D eigenvalue weighted by atomic mass is 32.1. The first-order chi connectivity index (χ1) is 12.3. The zero-order valence-electron chi connectivity index (χ0n) is 14.4. The molecule has 2 aromatic rings. The van der Waals surface area contributed by atoms with Crippen LogP contribution in [-0.4, -0.2) is 39.8 Å². The van der Waals surface area contributed by atoms with E-state index in [0.717, 1.165) is 49.0 Å². The Balaban J connectivity index is 1.38. The van der Waals surface area contributed by atoms with Gasteiger partial charge < -0.3 is 10.2 Å². The monoisotopic (exact) mass is 359 g/mol. The molecule has 2 aliphatic rings. The molecule has 1 N–H and O–H groups in total. The topological polar surface area (TPSA) is 63.1 Å². The Morgan fingerprint density at radius 2 is 1.80 bits per heavy atom. The lowest BCUT2D eigenvalue weighted by Gasteiger charge is -2.33. The SMILES string of the molecule is O=C(NC1CCCCC1)[C@H]1CCCN(c2nnc(-n3cccc3)s2)C1. The van der Waals surface area contributed by atoms with Crippen molar-refractivity contribution in [2.24, 2.45) is 5.92 Å². The molecule has 1 saturated heterocycles. The normalized spacial score (nSPS) is 22.1. The Morgan fingerprint density at radius 3 is 2.60 bits per heavy atom. The largest absolute Gasteiger partial charge is 0.353 e. The first-order valence-electron chi connectivity index (χ1n) is 9.32. The van der Waals surface area contributed by atoms with Crippen molar-refractivity contribution < 1.29 is 4.79 Å². The number of hydrogen-bond donors (Lipinski definition) is 1. The van der Waals surface area contributed by atoms with Crippen LogP contribution in [0.4, 0.5) is 5.13 Å². The molecule has 4 rings (SSSR count). The molecule has 0 aromatic carbocycles. The van der Waals surface area contributed by atoms with E-state index in [4.69, 9.17) is 0 Å². The van der Waals surface area contributed by atoms with Crippen LogP contribution in [0.1, 0.15) is 44.9 Å². The number of anilines is 1. The van der Waals surface area contributed by atoms with Crippen LogP contribution in [0.5, 0.6) is 0 Å². The van der Waals surface area contributed by atoms with Gasteiger partial charge in [0, 0.05) is 31.5 Å². The molecular weight excluding hydrogens is 334 g/mol. The van der Waals surface area contributed by atoms with Gasteiger partial charge in [-0.25, -0.2) is 0 Å². The third-order valence-corrected chi connectivity index (χ3v) is 6.24. The predicted octanol–water partition coefficient (Wildman–Crippen LogP) is 2.99. The summed E-state index contributed by atoms with van der Waals surface area (Å²) < 4.78 is 1.97. The Labute approximate surface area is 152 Å². The van der Waals surface area contributed by atoms with Crippen molar-refractivity contribution in [2.45, 2.75) is 51.0 Å². The van der Waals surface area contributed by atoms with Crippen LogP contribution in [0.3, 0.4) is 0 Å². The molecule has 0 bridgehead atoms. The summed E-state index contributed by atoms with van der Waals surface area (Å²) >= 11 is 1.58. The Hall–Kier alpha value is -1.89. The van der Waals surface area contributed by atoms with Crippen molar-refractivity contribution in [3.63, 3.8) is 0 Å². The molecule has 1 atom stereocenters. The fourth-order valence-electron chi connectivity index (χ4n) is 3.83. The third-order valence-electron chi connectivity index (χ3n) is 5.24. The summed E-state index contributed by atoms with van der Waals surface area (Å²) in [4.78, 5) is 14.9. The van der Waals surface area contributed by atoms with E-state index in [1.54, 1.807) is 11.3 Å². The second-order valence-electron chi connectivity index (χ2n) is 7.09. The van der Waals surface area contributed by atoms with Gasteiger partial charge in [0.15, 0.2) is 0 Å². The predicted molar refractivity (Wildman–Crippen MR) is 99.2 cm³/mol. The van der Waals surface area contributed by atoms with Crippen molar-refractivity contribution in [2.75, 3.05) is 18.0 Å². The van der Waals surface area contributed by atoms with Gasteiger partial charge >= 0.3 is 0 Å². The maximum absolute atomic E-state index is 12.7. The number of hydrogen-bond acceptors (Lipinski definition) is 5. The van der Waals surface area contributed by atoms with E-state index in [2.05, 4.69) is 20.4 Å². The Bertz CT molecular complexity index is 692. The van der Waals surface area contributed by atoms with Crippen molar-refractivity contribution in [1.29, 1.82) is 0 Å². The van der Waals surface area contributed by atoms with Crippen LogP contribution < -0.4 is 10.2 Å². The van der Waals surface area contributed by atoms with Crippen LogP contribution in [0.15, 0.2) is 24.5 Å². The van der Waals surface area contributed by atoms with Crippen molar-refractivity contribution in [3.05, 3.63) is 24.5 Å². The van der Waals surface area contributed by atoms with Gasteiger partial charge in [-0.2, -0.15) is 0 Å². The summed E-state index contributed by atoms with van der Waals surface area (Å²) in [6, 6.07) is 4.35.